The third-order valence-electron chi connectivity index (χ3n) is 3.31. The second-order valence-corrected chi connectivity index (χ2v) is 5.07. The minimum Gasteiger partial charge on any atom is -0.406 e. The van der Waals surface area contributed by atoms with Gasteiger partial charge in [0.05, 0.1) is 6.54 Å². The van der Waals surface area contributed by atoms with E-state index in [-0.39, 0.29) is 24.2 Å². The fourth-order valence-electron chi connectivity index (χ4n) is 2.43. The van der Waals surface area contributed by atoms with E-state index in [1.165, 1.54) is 18.2 Å². The summed E-state index contributed by atoms with van der Waals surface area (Å²) in [6.45, 7) is 1.47. The molecule has 1 aromatic carbocycles. The first-order chi connectivity index (χ1) is 10.4. The molecule has 8 heteroatoms. The number of anilines is 1. The van der Waals surface area contributed by atoms with Gasteiger partial charge < -0.3 is 20.3 Å². The Hall–Kier alpha value is -1.96. The van der Waals surface area contributed by atoms with Gasteiger partial charge in [0, 0.05) is 30.9 Å². The quantitative estimate of drug-likeness (QED) is 0.864. The summed E-state index contributed by atoms with van der Waals surface area (Å²) in [6.07, 6.45) is -3.95. The highest BCUT2D eigenvalue weighted by Gasteiger charge is 2.31. The van der Waals surface area contributed by atoms with Crippen LogP contribution in [0.4, 0.5) is 18.9 Å². The molecule has 1 aliphatic rings. The number of carbonyl (C=O) groups excluding carboxylic acids is 1. The summed E-state index contributed by atoms with van der Waals surface area (Å²) in [7, 11) is 1.69. The summed E-state index contributed by atoms with van der Waals surface area (Å²) >= 11 is 0. The van der Waals surface area contributed by atoms with Crippen LogP contribution in [0.25, 0.3) is 0 Å². The average molecular weight is 317 g/mol. The van der Waals surface area contributed by atoms with Gasteiger partial charge in [-0.3, -0.25) is 4.79 Å². The topological polar surface area (TPSA) is 53.6 Å². The summed E-state index contributed by atoms with van der Waals surface area (Å²) in [4.78, 5) is 13.4. The lowest BCUT2D eigenvalue weighted by atomic mass is 10.2. The van der Waals surface area contributed by atoms with Gasteiger partial charge in [-0.1, -0.05) is 6.07 Å². The third-order valence-corrected chi connectivity index (χ3v) is 3.31. The van der Waals surface area contributed by atoms with E-state index in [2.05, 4.69) is 15.4 Å². The van der Waals surface area contributed by atoms with E-state index >= 15 is 0 Å². The molecule has 1 fully saturated rings. The van der Waals surface area contributed by atoms with Crippen LogP contribution in [0.2, 0.25) is 0 Å². The minimum absolute atomic E-state index is 0.00644. The van der Waals surface area contributed by atoms with Crippen LogP contribution in [-0.2, 0) is 4.79 Å². The molecule has 0 aliphatic carbocycles. The van der Waals surface area contributed by atoms with Crippen molar-refractivity contribution in [2.45, 2.75) is 18.8 Å². The Morgan fingerprint density at radius 3 is 2.91 bits per heavy atom. The van der Waals surface area contributed by atoms with Crippen LogP contribution in [0.1, 0.15) is 6.42 Å². The van der Waals surface area contributed by atoms with E-state index in [0.717, 1.165) is 6.42 Å². The lowest BCUT2D eigenvalue weighted by Gasteiger charge is -2.20. The van der Waals surface area contributed by atoms with E-state index in [9.17, 15) is 18.0 Å². The van der Waals surface area contributed by atoms with Gasteiger partial charge >= 0.3 is 6.36 Å². The first-order valence-electron chi connectivity index (χ1n) is 6.92. The van der Waals surface area contributed by atoms with Crippen LogP contribution in [0.15, 0.2) is 24.3 Å². The second kappa shape index (κ2) is 6.87. The van der Waals surface area contributed by atoms with Gasteiger partial charge in [0.2, 0.25) is 5.91 Å². The molecule has 0 aromatic heterocycles. The van der Waals surface area contributed by atoms with Crippen molar-refractivity contribution in [3.63, 3.8) is 0 Å². The predicted molar refractivity (Wildman–Crippen MR) is 75.8 cm³/mol. The lowest BCUT2D eigenvalue weighted by Crippen LogP contribution is -2.41. The number of amides is 1. The van der Waals surface area contributed by atoms with E-state index in [1.807, 2.05) is 4.90 Å². The van der Waals surface area contributed by atoms with E-state index in [4.69, 9.17) is 0 Å². The van der Waals surface area contributed by atoms with Crippen LogP contribution >= 0.6 is 0 Å². The van der Waals surface area contributed by atoms with Crippen molar-refractivity contribution in [2.24, 2.45) is 0 Å². The molecule has 1 saturated heterocycles. The number of hydrogen-bond donors (Lipinski definition) is 2. The van der Waals surface area contributed by atoms with Crippen molar-refractivity contribution < 1.29 is 22.7 Å². The zero-order chi connectivity index (χ0) is 16.2. The van der Waals surface area contributed by atoms with Crippen molar-refractivity contribution in [3.8, 4) is 5.75 Å². The third kappa shape index (κ3) is 4.80. The van der Waals surface area contributed by atoms with E-state index in [1.54, 1.807) is 13.1 Å². The molecule has 1 atom stereocenters. The molecular formula is C14H18F3N3O2. The number of halogens is 3. The molecule has 122 valence electrons. The van der Waals surface area contributed by atoms with Crippen LogP contribution in [-0.4, -0.2) is 45.0 Å². The SMILES string of the molecule is CNCC(=O)NC1CCN(c2cccc(OC(F)(F)F)c2)C1. The summed E-state index contributed by atoms with van der Waals surface area (Å²) < 4.78 is 40.6. The van der Waals surface area contributed by atoms with Gasteiger partial charge in [-0.15, -0.1) is 13.2 Å². The maximum Gasteiger partial charge on any atom is 0.573 e. The molecular weight excluding hydrogens is 299 g/mol. The Morgan fingerprint density at radius 2 is 2.23 bits per heavy atom. The summed E-state index contributed by atoms with van der Waals surface area (Å²) in [5, 5.41) is 5.64. The normalized spacial score (nSPS) is 18.4. The van der Waals surface area contributed by atoms with Gasteiger partial charge in [0.25, 0.3) is 0 Å². The Morgan fingerprint density at radius 1 is 1.45 bits per heavy atom. The number of benzene rings is 1. The number of rotatable bonds is 5. The molecule has 0 radical (unpaired) electrons. The maximum atomic E-state index is 12.2. The zero-order valence-electron chi connectivity index (χ0n) is 12.1. The van der Waals surface area contributed by atoms with Crippen molar-refractivity contribution in [1.82, 2.24) is 10.6 Å². The van der Waals surface area contributed by atoms with Gasteiger partial charge in [-0.2, -0.15) is 0 Å². The van der Waals surface area contributed by atoms with Gasteiger partial charge in [0.1, 0.15) is 5.75 Å². The highest BCUT2D eigenvalue weighted by Crippen LogP contribution is 2.28. The highest BCUT2D eigenvalue weighted by molar-refractivity contribution is 5.78. The second-order valence-electron chi connectivity index (χ2n) is 5.07. The summed E-state index contributed by atoms with van der Waals surface area (Å²) in [6, 6.07) is 5.85. The number of alkyl halides is 3. The molecule has 22 heavy (non-hydrogen) atoms. The van der Waals surface area contributed by atoms with Crippen molar-refractivity contribution >= 4 is 11.6 Å². The highest BCUT2D eigenvalue weighted by atomic mass is 19.4. The molecule has 2 N–H and O–H groups in total. The number of likely N-dealkylation sites (N-methyl/N-ethyl adjacent to an activating group) is 1. The molecule has 1 amide bonds. The number of carbonyl (C=O) groups is 1. The number of ether oxygens (including phenoxy) is 1. The molecule has 1 aliphatic heterocycles. The predicted octanol–water partition coefficient (Wildman–Crippen LogP) is 1.50. The number of hydrogen-bond acceptors (Lipinski definition) is 4. The first kappa shape index (κ1) is 16.4. The number of nitrogens with zero attached hydrogens (tertiary/aromatic N) is 1. The molecule has 1 unspecified atom stereocenters. The lowest BCUT2D eigenvalue weighted by molar-refractivity contribution is -0.274. The van der Waals surface area contributed by atoms with Crippen LogP contribution in [0, 0.1) is 0 Å². The Kier molecular flexibility index (Phi) is 5.12. The summed E-state index contributed by atoms with van der Waals surface area (Å²) in [5.74, 6) is -0.337. The van der Waals surface area contributed by atoms with Crippen LogP contribution in [0.3, 0.4) is 0 Å². The molecule has 1 heterocycles. The Balaban J connectivity index is 1.96. The maximum absolute atomic E-state index is 12.2. The fourth-order valence-corrected chi connectivity index (χ4v) is 2.43. The van der Waals surface area contributed by atoms with E-state index in [0.29, 0.717) is 18.8 Å². The Bertz CT molecular complexity index is 522. The van der Waals surface area contributed by atoms with Crippen molar-refractivity contribution in [1.29, 1.82) is 0 Å². The summed E-state index contributed by atoms with van der Waals surface area (Å²) in [5.41, 5.74) is 0.645. The molecule has 1 aromatic rings. The average Bonchev–Trinajstić information content (AvgIpc) is 2.85. The zero-order valence-corrected chi connectivity index (χ0v) is 12.1. The van der Waals surface area contributed by atoms with Crippen LogP contribution < -0.4 is 20.3 Å². The minimum atomic E-state index is -4.70. The van der Waals surface area contributed by atoms with Crippen molar-refractivity contribution in [2.75, 3.05) is 31.6 Å². The monoisotopic (exact) mass is 317 g/mol. The molecule has 0 spiro atoms. The molecule has 5 nitrogen and oxygen atoms in total. The van der Waals surface area contributed by atoms with Crippen LogP contribution in [0.5, 0.6) is 5.75 Å². The fraction of sp³-hybridized carbons (Fsp3) is 0.500. The molecule has 0 saturated carbocycles. The van der Waals surface area contributed by atoms with Gasteiger partial charge in [0.15, 0.2) is 0 Å². The Labute approximate surface area is 126 Å². The largest absolute Gasteiger partial charge is 0.573 e. The smallest absolute Gasteiger partial charge is 0.406 e. The van der Waals surface area contributed by atoms with Gasteiger partial charge in [-0.25, -0.2) is 0 Å². The molecule has 2 rings (SSSR count). The molecule has 0 bridgehead atoms. The standard InChI is InChI=1S/C14H18F3N3O2/c1-18-8-13(21)19-10-5-6-20(9-10)11-3-2-4-12(7-11)22-14(15,16)17/h2-4,7,10,18H,5-6,8-9H2,1H3,(H,19,21). The van der Waals surface area contributed by atoms with E-state index < -0.39 is 6.36 Å². The van der Waals surface area contributed by atoms with Crippen molar-refractivity contribution in [3.05, 3.63) is 24.3 Å². The first-order valence-corrected chi connectivity index (χ1v) is 6.92. The number of nitrogens with one attached hydrogen (secondary N) is 2. The van der Waals surface area contributed by atoms with Gasteiger partial charge in [-0.05, 0) is 25.6 Å².